The van der Waals surface area contributed by atoms with Gasteiger partial charge >= 0.3 is 0 Å². The fourth-order valence-corrected chi connectivity index (χ4v) is 2.52. The number of carbonyl (C=O) groups excluding carboxylic acids is 1. The van der Waals surface area contributed by atoms with E-state index in [4.69, 9.17) is 4.74 Å². The molecule has 0 N–H and O–H groups in total. The molecule has 0 bridgehead atoms. The number of hydrogen-bond donors (Lipinski definition) is 0. The maximum atomic E-state index is 11.7. The van der Waals surface area contributed by atoms with Crippen LogP contribution in [-0.2, 0) is 9.53 Å². The molecule has 2 heteroatoms. The SMILES string of the molecule is CCC1C2=C(OCCC2)C(=O)C1C. The topological polar surface area (TPSA) is 26.3 Å². The molecule has 0 saturated carbocycles. The Hall–Kier alpha value is -0.790. The van der Waals surface area contributed by atoms with Crippen LogP contribution in [0.25, 0.3) is 0 Å². The van der Waals surface area contributed by atoms with Crippen LogP contribution in [-0.4, -0.2) is 12.4 Å². The number of hydrogen-bond acceptors (Lipinski definition) is 2. The Morgan fingerprint density at radius 1 is 1.54 bits per heavy atom. The van der Waals surface area contributed by atoms with Gasteiger partial charge in [0.2, 0.25) is 5.78 Å². The second-order valence-electron chi connectivity index (χ2n) is 3.97. The minimum absolute atomic E-state index is 0.160. The lowest BCUT2D eigenvalue weighted by Gasteiger charge is -2.18. The standard InChI is InChI=1S/C11H16O2/c1-3-8-7(2)10(12)11-9(8)5-4-6-13-11/h7-8H,3-6H2,1-2H3. The summed E-state index contributed by atoms with van der Waals surface area (Å²) >= 11 is 0. The predicted molar refractivity (Wildman–Crippen MR) is 50.2 cm³/mol. The van der Waals surface area contributed by atoms with Crippen LogP contribution in [0, 0.1) is 11.8 Å². The lowest BCUT2D eigenvalue weighted by atomic mass is 9.88. The van der Waals surface area contributed by atoms with Gasteiger partial charge in [-0.05, 0) is 30.8 Å². The van der Waals surface area contributed by atoms with E-state index >= 15 is 0 Å². The first-order valence-corrected chi connectivity index (χ1v) is 5.15. The summed E-state index contributed by atoms with van der Waals surface area (Å²) in [4.78, 5) is 11.7. The van der Waals surface area contributed by atoms with Gasteiger partial charge in [-0.2, -0.15) is 0 Å². The quantitative estimate of drug-likeness (QED) is 0.619. The number of Topliss-reactive ketones (excluding diaryl/α,β-unsaturated/α-hetero) is 1. The molecule has 2 atom stereocenters. The molecule has 0 aromatic carbocycles. The first-order valence-electron chi connectivity index (χ1n) is 5.15. The van der Waals surface area contributed by atoms with Crippen molar-refractivity contribution in [2.45, 2.75) is 33.1 Å². The molecule has 13 heavy (non-hydrogen) atoms. The molecular formula is C11H16O2. The maximum absolute atomic E-state index is 11.7. The highest BCUT2D eigenvalue weighted by Crippen LogP contribution is 2.41. The van der Waals surface area contributed by atoms with Crippen LogP contribution in [0.3, 0.4) is 0 Å². The third kappa shape index (κ3) is 1.19. The summed E-state index contributed by atoms with van der Waals surface area (Å²) in [5.41, 5.74) is 1.30. The second-order valence-corrected chi connectivity index (χ2v) is 3.97. The van der Waals surface area contributed by atoms with Crippen LogP contribution in [0.15, 0.2) is 11.3 Å². The van der Waals surface area contributed by atoms with Crippen molar-refractivity contribution in [2.75, 3.05) is 6.61 Å². The molecule has 1 aliphatic carbocycles. The van der Waals surface area contributed by atoms with E-state index in [1.165, 1.54) is 5.57 Å². The molecule has 2 nitrogen and oxygen atoms in total. The summed E-state index contributed by atoms with van der Waals surface area (Å²) < 4.78 is 5.45. The Kier molecular flexibility index (Phi) is 2.14. The monoisotopic (exact) mass is 180 g/mol. The molecule has 0 saturated heterocycles. The van der Waals surface area contributed by atoms with E-state index < -0.39 is 0 Å². The third-order valence-corrected chi connectivity index (χ3v) is 3.26. The molecule has 2 unspecified atom stereocenters. The maximum Gasteiger partial charge on any atom is 0.200 e. The van der Waals surface area contributed by atoms with Gasteiger partial charge in [0.1, 0.15) is 0 Å². The summed E-state index contributed by atoms with van der Waals surface area (Å²) in [6.07, 6.45) is 3.22. The van der Waals surface area contributed by atoms with Gasteiger partial charge in [-0.25, -0.2) is 0 Å². The number of allylic oxidation sites excluding steroid dienone is 2. The molecule has 0 fully saturated rings. The third-order valence-electron chi connectivity index (χ3n) is 3.26. The Balaban J connectivity index is 2.33. The van der Waals surface area contributed by atoms with Crippen LogP contribution in [0.4, 0.5) is 0 Å². The van der Waals surface area contributed by atoms with Crippen molar-refractivity contribution < 1.29 is 9.53 Å². The molecule has 1 heterocycles. The molecule has 0 aromatic heterocycles. The summed E-state index contributed by atoms with van der Waals surface area (Å²) in [6.45, 7) is 4.91. The highest BCUT2D eigenvalue weighted by atomic mass is 16.5. The minimum Gasteiger partial charge on any atom is -0.490 e. The zero-order valence-corrected chi connectivity index (χ0v) is 8.30. The Labute approximate surface area is 79.0 Å². The van der Waals surface area contributed by atoms with E-state index in [-0.39, 0.29) is 11.7 Å². The van der Waals surface area contributed by atoms with Crippen LogP contribution < -0.4 is 0 Å². The number of ketones is 1. The summed E-state index contributed by atoms with van der Waals surface area (Å²) in [5, 5.41) is 0. The molecule has 0 radical (unpaired) electrons. The van der Waals surface area contributed by atoms with E-state index in [2.05, 4.69) is 6.92 Å². The van der Waals surface area contributed by atoms with Crippen LogP contribution >= 0.6 is 0 Å². The molecule has 1 aliphatic heterocycles. The fourth-order valence-electron chi connectivity index (χ4n) is 2.52. The molecule has 0 amide bonds. The average Bonchev–Trinajstić information content (AvgIpc) is 2.41. The van der Waals surface area contributed by atoms with E-state index in [1.807, 2.05) is 6.92 Å². The first-order chi connectivity index (χ1) is 6.25. The molecule has 0 aromatic rings. The summed E-state index contributed by atoms with van der Waals surface area (Å²) in [6, 6.07) is 0. The van der Waals surface area contributed by atoms with Crippen molar-refractivity contribution in [1.29, 1.82) is 0 Å². The predicted octanol–water partition coefficient (Wildman–Crippen LogP) is 2.30. The van der Waals surface area contributed by atoms with Crippen molar-refractivity contribution in [3.05, 3.63) is 11.3 Å². The van der Waals surface area contributed by atoms with Gasteiger partial charge < -0.3 is 4.74 Å². The summed E-state index contributed by atoms with van der Waals surface area (Å²) in [5.74, 6) is 1.57. The van der Waals surface area contributed by atoms with Crippen molar-refractivity contribution in [1.82, 2.24) is 0 Å². The fraction of sp³-hybridized carbons (Fsp3) is 0.727. The van der Waals surface area contributed by atoms with E-state index in [1.54, 1.807) is 0 Å². The van der Waals surface area contributed by atoms with Crippen molar-refractivity contribution in [2.24, 2.45) is 11.8 Å². The van der Waals surface area contributed by atoms with Gasteiger partial charge in [0.15, 0.2) is 5.76 Å². The largest absolute Gasteiger partial charge is 0.490 e. The molecule has 72 valence electrons. The van der Waals surface area contributed by atoms with Gasteiger partial charge in [0.25, 0.3) is 0 Å². The van der Waals surface area contributed by atoms with Crippen molar-refractivity contribution in [3.63, 3.8) is 0 Å². The molecule has 2 aliphatic rings. The first kappa shape index (κ1) is 8.79. The Morgan fingerprint density at radius 3 is 3.00 bits per heavy atom. The average molecular weight is 180 g/mol. The number of rotatable bonds is 1. The Morgan fingerprint density at radius 2 is 2.31 bits per heavy atom. The second kappa shape index (κ2) is 3.17. The minimum atomic E-state index is 0.160. The normalized spacial score (nSPS) is 33.2. The van der Waals surface area contributed by atoms with Gasteiger partial charge in [0, 0.05) is 5.92 Å². The summed E-state index contributed by atoms with van der Waals surface area (Å²) in [7, 11) is 0. The molecule has 2 rings (SSSR count). The zero-order chi connectivity index (χ0) is 9.42. The molecular weight excluding hydrogens is 164 g/mol. The van der Waals surface area contributed by atoms with E-state index in [9.17, 15) is 4.79 Å². The van der Waals surface area contributed by atoms with E-state index in [0.717, 1.165) is 25.9 Å². The van der Waals surface area contributed by atoms with Crippen LogP contribution in [0.5, 0.6) is 0 Å². The molecule has 0 spiro atoms. The number of carbonyl (C=O) groups is 1. The lowest BCUT2D eigenvalue weighted by Crippen LogP contribution is -2.13. The van der Waals surface area contributed by atoms with Gasteiger partial charge in [-0.1, -0.05) is 13.8 Å². The highest BCUT2D eigenvalue weighted by molar-refractivity contribution is 5.99. The highest BCUT2D eigenvalue weighted by Gasteiger charge is 2.40. The number of ether oxygens (including phenoxy) is 1. The van der Waals surface area contributed by atoms with Gasteiger partial charge in [-0.15, -0.1) is 0 Å². The Bertz CT molecular complexity index is 265. The van der Waals surface area contributed by atoms with E-state index in [0.29, 0.717) is 11.7 Å². The van der Waals surface area contributed by atoms with Crippen molar-refractivity contribution >= 4 is 5.78 Å². The smallest absolute Gasteiger partial charge is 0.200 e. The van der Waals surface area contributed by atoms with Crippen molar-refractivity contribution in [3.8, 4) is 0 Å². The van der Waals surface area contributed by atoms with Gasteiger partial charge in [0.05, 0.1) is 6.61 Å². The zero-order valence-electron chi connectivity index (χ0n) is 8.30. The van der Waals surface area contributed by atoms with Crippen LogP contribution in [0.2, 0.25) is 0 Å². The van der Waals surface area contributed by atoms with Crippen LogP contribution in [0.1, 0.15) is 33.1 Å². The van der Waals surface area contributed by atoms with Gasteiger partial charge in [-0.3, -0.25) is 4.79 Å². The lowest BCUT2D eigenvalue weighted by molar-refractivity contribution is -0.121.